The lowest BCUT2D eigenvalue weighted by Crippen LogP contribution is -2.56. The number of benzene rings is 2. The zero-order valence-corrected chi connectivity index (χ0v) is 17.3. The summed E-state index contributed by atoms with van der Waals surface area (Å²) < 4.78 is 0. The zero-order chi connectivity index (χ0) is 20.8. The first kappa shape index (κ1) is 19.4. The van der Waals surface area contributed by atoms with Crippen molar-refractivity contribution in [1.29, 1.82) is 0 Å². The van der Waals surface area contributed by atoms with Crippen LogP contribution < -0.4 is 9.80 Å². The van der Waals surface area contributed by atoms with Crippen molar-refractivity contribution < 1.29 is 9.90 Å². The van der Waals surface area contributed by atoms with E-state index in [1.807, 2.05) is 45.0 Å². The summed E-state index contributed by atoms with van der Waals surface area (Å²) in [7, 11) is 0. The van der Waals surface area contributed by atoms with Gasteiger partial charge in [-0.15, -0.1) is 0 Å². The van der Waals surface area contributed by atoms with E-state index in [9.17, 15) is 9.90 Å². The minimum absolute atomic E-state index is 0.326. The summed E-state index contributed by atoms with van der Waals surface area (Å²) in [5, 5.41) is 12.7. The summed E-state index contributed by atoms with van der Waals surface area (Å²) in [4.78, 5) is 21.0. The number of halogens is 1. The van der Waals surface area contributed by atoms with Gasteiger partial charge in [-0.05, 0) is 63.2 Å². The number of carbonyl (C=O) groups excluding carboxylic acids is 1. The van der Waals surface area contributed by atoms with Gasteiger partial charge in [0.1, 0.15) is 0 Å². The SMILES string of the molecule is Cc1ccc(N2C(=O)N(c3ccc(Cl)cc3)C(C)(C)C2(O)c2cccnc2)cc1. The lowest BCUT2D eigenvalue weighted by molar-refractivity contribution is -0.00277. The van der Waals surface area contributed by atoms with Crippen LogP contribution in [0.5, 0.6) is 0 Å². The van der Waals surface area contributed by atoms with Gasteiger partial charge in [-0.1, -0.05) is 35.4 Å². The van der Waals surface area contributed by atoms with E-state index in [2.05, 4.69) is 4.98 Å². The predicted octanol–water partition coefficient (Wildman–Crippen LogP) is 5.11. The lowest BCUT2D eigenvalue weighted by Gasteiger charge is -2.42. The van der Waals surface area contributed by atoms with Gasteiger partial charge in [0.15, 0.2) is 5.72 Å². The average molecular weight is 408 g/mol. The molecule has 1 atom stereocenters. The number of pyridine rings is 1. The molecule has 1 saturated heterocycles. The smallest absolute Gasteiger partial charge is 0.332 e. The molecule has 0 aliphatic carbocycles. The molecule has 3 aromatic rings. The summed E-state index contributed by atoms with van der Waals surface area (Å²) in [5.74, 6) is 0. The van der Waals surface area contributed by atoms with Crippen LogP contribution in [0.25, 0.3) is 0 Å². The molecule has 1 aliphatic heterocycles. The monoisotopic (exact) mass is 407 g/mol. The van der Waals surface area contributed by atoms with Gasteiger partial charge in [-0.25, -0.2) is 4.79 Å². The van der Waals surface area contributed by atoms with Crippen LogP contribution >= 0.6 is 11.6 Å². The third-order valence-electron chi connectivity index (χ3n) is 5.56. The van der Waals surface area contributed by atoms with Gasteiger partial charge >= 0.3 is 6.03 Å². The van der Waals surface area contributed by atoms with E-state index >= 15 is 0 Å². The average Bonchev–Trinajstić information content (AvgIpc) is 2.87. The summed E-state index contributed by atoms with van der Waals surface area (Å²) in [6, 6.07) is 17.8. The Kier molecular flexibility index (Phi) is 4.60. The van der Waals surface area contributed by atoms with Crippen LogP contribution in [0.15, 0.2) is 73.1 Å². The van der Waals surface area contributed by atoms with Crippen LogP contribution in [-0.4, -0.2) is 21.7 Å². The van der Waals surface area contributed by atoms with Gasteiger partial charge in [0.2, 0.25) is 0 Å². The van der Waals surface area contributed by atoms with Gasteiger partial charge in [0.25, 0.3) is 0 Å². The van der Waals surface area contributed by atoms with Crippen LogP contribution in [0.3, 0.4) is 0 Å². The molecule has 6 heteroatoms. The second-order valence-electron chi connectivity index (χ2n) is 7.74. The fraction of sp³-hybridized carbons (Fsp3) is 0.217. The molecule has 0 spiro atoms. The van der Waals surface area contributed by atoms with Crippen LogP contribution in [0.4, 0.5) is 16.2 Å². The van der Waals surface area contributed by atoms with Gasteiger partial charge in [0.05, 0.1) is 5.54 Å². The highest BCUT2D eigenvalue weighted by Gasteiger charge is 2.64. The molecule has 4 rings (SSSR count). The fourth-order valence-corrected chi connectivity index (χ4v) is 4.10. The highest BCUT2D eigenvalue weighted by molar-refractivity contribution is 6.30. The number of anilines is 2. The van der Waals surface area contributed by atoms with E-state index in [1.165, 1.54) is 4.90 Å². The first-order valence-corrected chi connectivity index (χ1v) is 9.74. The first-order valence-electron chi connectivity index (χ1n) is 9.36. The summed E-state index contributed by atoms with van der Waals surface area (Å²) in [6.45, 7) is 5.67. The number of nitrogens with zero attached hydrogens (tertiary/aromatic N) is 3. The van der Waals surface area contributed by atoms with Crippen molar-refractivity contribution in [2.45, 2.75) is 32.0 Å². The van der Waals surface area contributed by atoms with Crippen molar-refractivity contribution in [3.8, 4) is 0 Å². The molecular formula is C23H22ClN3O2. The van der Waals surface area contributed by atoms with Gasteiger partial charge < -0.3 is 5.11 Å². The quantitative estimate of drug-likeness (QED) is 0.656. The molecule has 0 bridgehead atoms. The third kappa shape index (κ3) is 2.89. The van der Waals surface area contributed by atoms with Crippen molar-refractivity contribution in [3.63, 3.8) is 0 Å². The molecule has 1 N–H and O–H groups in total. The zero-order valence-electron chi connectivity index (χ0n) is 16.5. The normalized spacial score (nSPS) is 20.9. The highest BCUT2D eigenvalue weighted by Crippen LogP contribution is 2.50. The number of urea groups is 1. The standard InChI is InChI=1S/C23H22ClN3O2/c1-16-6-10-20(11-7-16)27-21(28)26(19-12-8-18(24)9-13-19)22(2,3)23(27,29)17-5-4-14-25-15-17/h4-15,29H,1-3H3. The minimum atomic E-state index is -1.65. The molecule has 2 amide bonds. The lowest BCUT2D eigenvalue weighted by atomic mass is 9.84. The van der Waals surface area contributed by atoms with Crippen molar-refractivity contribution >= 4 is 29.0 Å². The van der Waals surface area contributed by atoms with Crippen molar-refractivity contribution in [3.05, 3.63) is 89.2 Å². The van der Waals surface area contributed by atoms with Gasteiger partial charge in [-0.2, -0.15) is 0 Å². The Hall–Kier alpha value is -2.89. The predicted molar refractivity (Wildman–Crippen MR) is 115 cm³/mol. The number of hydrogen-bond acceptors (Lipinski definition) is 3. The topological polar surface area (TPSA) is 56.7 Å². The fourth-order valence-electron chi connectivity index (χ4n) is 3.97. The van der Waals surface area contributed by atoms with Crippen LogP contribution in [-0.2, 0) is 5.72 Å². The first-order chi connectivity index (χ1) is 13.8. The Morgan fingerprint density at radius 3 is 2.10 bits per heavy atom. The van der Waals surface area contributed by atoms with E-state index in [-0.39, 0.29) is 6.03 Å². The number of hydrogen-bond donors (Lipinski definition) is 1. The summed E-state index contributed by atoms with van der Waals surface area (Å²) >= 11 is 6.05. The second-order valence-corrected chi connectivity index (χ2v) is 8.17. The van der Waals surface area contributed by atoms with Gasteiger partial charge in [0, 0.05) is 34.4 Å². The number of carbonyl (C=O) groups is 1. The Balaban J connectivity index is 1.95. The Morgan fingerprint density at radius 1 is 0.931 bits per heavy atom. The molecule has 1 unspecified atom stereocenters. The van der Waals surface area contributed by atoms with E-state index in [0.717, 1.165) is 5.56 Å². The maximum atomic E-state index is 13.7. The summed E-state index contributed by atoms with van der Waals surface area (Å²) in [6.07, 6.45) is 3.24. The molecule has 2 aromatic carbocycles. The molecule has 1 fully saturated rings. The maximum absolute atomic E-state index is 13.7. The van der Waals surface area contributed by atoms with E-state index in [1.54, 1.807) is 53.7 Å². The second kappa shape index (κ2) is 6.87. The molecule has 1 aliphatic rings. The number of aryl methyl sites for hydroxylation is 1. The maximum Gasteiger partial charge on any atom is 0.332 e. The minimum Gasteiger partial charge on any atom is -0.364 e. The molecular weight excluding hydrogens is 386 g/mol. The molecule has 1 aromatic heterocycles. The van der Waals surface area contributed by atoms with Crippen molar-refractivity contribution in [2.24, 2.45) is 0 Å². The number of rotatable bonds is 3. The van der Waals surface area contributed by atoms with E-state index in [0.29, 0.717) is 22.0 Å². The molecule has 29 heavy (non-hydrogen) atoms. The summed E-state index contributed by atoms with van der Waals surface area (Å²) in [5.41, 5.74) is 0.214. The molecule has 0 saturated carbocycles. The molecule has 148 valence electrons. The highest BCUT2D eigenvalue weighted by atomic mass is 35.5. The third-order valence-corrected chi connectivity index (χ3v) is 5.81. The molecule has 0 radical (unpaired) electrons. The Morgan fingerprint density at radius 2 is 1.52 bits per heavy atom. The Bertz CT molecular complexity index is 1040. The molecule has 2 heterocycles. The number of aliphatic hydroxyl groups is 1. The van der Waals surface area contributed by atoms with Crippen molar-refractivity contribution in [2.75, 3.05) is 9.80 Å². The van der Waals surface area contributed by atoms with Crippen LogP contribution in [0.2, 0.25) is 5.02 Å². The van der Waals surface area contributed by atoms with Crippen LogP contribution in [0, 0.1) is 6.92 Å². The Labute approximate surface area is 175 Å². The molecule has 5 nitrogen and oxygen atoms in total. The number of amides is 2. The van der Waals surface area contributed by atoms with E-state index in [4.69, 9.17) is 11.6 Å². The van der Waals surface area contributed by atoms with Crippen LogP contribution in [0.1, 0.15) is 25.0 Å². The van der Waals surface area contributed by atoms with Gasteiger partial charge in [-0.3, -0.25) is 14.8 Å². The van der Waals surface area contributed by atoms with Crippen molar-refractivity contribution in [1.82, 2.24) is 4.98 Å². The number of aromatic nitrogens is 1. The van der Waals surface area contributed by atoms with E-state index < -0.39 is 11.3 Å². The largest absolute Gasteiger partial charge is 0.364 e.